The van der Waals surface area contributed by atoms with Crippen molar-refractivity contribution in [1.29, 1.82) is 0 Å². The van der Waals surface area contributed by atoms with Gasteiger partial charge in [-0.05, 0) is 49.7 Å². The Labute approximate surface area is 166 Å². The summed E-state index contributed by atoms with van der Waals surface area (Å²) in [4.78, 5) is 24.0. The van der Waals surface area contributed by atoms with Gasteiger partial charge < -0.3 is 20.6 Å². The average molecular weight is 394 g/mol. The average Bonchev–Trinajstić information content (AvgIpc) is 3.13. The van der Waals surface area contributed by atoms with Gasteiger partial charge in [0.05, 0.1) is 22.2 Å². The summed E-state index contributed by atoms with van der Waals surface area (Å²) < 4.78 is 0. The highest BCUT2D eigenvalue weighted by atomic mass is 35.5. The van der Waals surface area contributed by atoms with Crippen LogP contribution in [0.4, 0.5) is 5.69 Å². The first-order valence-electron chi connectivity index (χ1n) is 9.47. The van der Waals surface area contributed by atoms with Gasteiger partial charge in [0.2, 0.25) is 0 Å². The van der Waals surface area contributed by atoms with Crippen molar-refractivity contribution in [3.63, 3.8) is 0 Å². The van der Waals surface area contributed by atoms with Crippen LogP contribution in [-0.2, 0) is 0 Å². The van der Waals surface area contributed by atoms with Gasteiger partial charge in [-0.25, -0.2) is 4.98 Å². The monoisotopic (exact) mass is 393 g/mol. The van der Waals surface area contributed by atoms with Gasteiger partial charge in [-0.15, -0.1) is 0 Å². The summed E-state index contributed by atoms with van der Waals surface area (Å²) in [5.74, 6) is 0.551. The van der Waals surface area contributed by atoms with E-state index < -0.39 is 0 Å². The van der Waals surface area contributed by atoms with Crippen LogP contribution in [0.1, 0.15) is 12.8 Å². The van der Waals surface area contributed by atoms with Crippen LogP contribution in [0.5, 0.6) is 0 Å². The van der Waals surface area contributed by atoms with Crippen molar-refractivity contribution in [1.82, 2.24) is 20.3 Å². The Balaban J connectivity index is 1.75. The van der Waals surface area contributed by atoms with Crippen LogP contribution < -0.4 is 16.2 Å². The number of imidazole rings is 1. The maximum atomic E-state index is 13.1. The third kappa shape index (κ3) is 3.04. The first-order valence-corrected chi connectivity index (χ1v) is 9.85. The van der Waals surface area contributed by atoms with Crippen molar-refractivity contribution in [2.75, 3.05) is 18.4 Å². The molecule has 4 N–H and O–H groups in total. The Bertz CT molecular complexity index is 1190. The van der Waals surface area contributed by atoms with E-state index in [9.17, 15) is 4.79 Å². The Morgan fingerprint density at radius 3 is 2.82 bits per heavy atom. The van der Waals surface area contributed by atoms with E-state index in [0.717, 1.165) is 53.6 Å². The number of H-pyrrole nitrogens is 2. The lowest BCUT2D eigenvalue weighted by Crippen LogP contribution is -2.38. The number of aromatic amines is 2. The molecule has 1 atom stereocenters. The van der Waals surface area contributed by atoms with E-state index in [2.05, 4.69) is 25.6 Å². The SMILES string of the molecule is O=c1[nH]c2ccc(Cl)cc2c(NC2CCCNC2)c1-c1nc2ccccc2[nH]1. The van der Waals surface area contributed by atoms with Crippen LogP contribution >= 0.6 is 11.6 Å². The maximum absolute atomic E-state index is 13.1. The molecular weight excluding hydrogens is 374 g/mol. The van der Waals surface area contributed by atoms with Crippen LogP contribution in [0.15, 0.2) is 47.3 Å². The molecule has 3 heterocycles. The highest BCUT2D eigenvalue weighted by Crippen LogP contribution is 2.33. The molecule has 1 unspecified atom stereocenters. The summed E-state index contributed by atoms with van der Waals surface area (Å²) in [7, 11) is 0. The number of benzene rings is 2. The van der Waals surface area contributed by atoms with Gasteiger partial charge in [0.1, 0.15) is 11.4 Å². The quantitative estimate of drug-likeness (QED) is 0.425. The molecular formula is C21H20ClN5O. The van der Waals surface area contributed by atoms with Crippen LogP contribution in [0.2, 0.25) is 5.02 Å². The molecule has 6 nitrogen and oxygen atoms in total. The second-order valence-corrected chi connectivity index (χ2v) is 7.62. The number of pyridine rings is 1. The number of fused-ring (bicyclic) bond motifs is 2. The van der Waals surface area contributed by atoms with E-state index in [4.69, 9.17) is 11.6 Å². The highest BCUT2D eigenvalue weighted by Gasteiger charge is 2.21. The number of nitrogens with one attached hydrogen (secondary N) is 4. The second kappa shape index (κ2) is 6.96. The molecule has 0 bridgehead atoms. The number of rotatable bonds is 3. The van der Waals surface area contributed by atoms with E-state index >= 15 is 0 Å². The molecule has 1 aliphatic heterocycles. The van der Waals surface area contributed by atoms with Gasteiger partial charge >= 0.3 is 0 Å². The third-order valence-electron chi connectivity index (χ3n) is 5.25. The molecule has 0 aliphatic carbocycles. The lowest BCUT2D eigenvalue weighted by atomic mass is 10.0. The molecule has 0 spiro atoms. The standard InChI is InChI=1S/C21H20ClN5O/c22-12-7-8-15-14(10-12)19(24-13-4-3-9-23-11-13)18(21(28)27-15)20-25-16-5-1-2-6-17(16)26-20/h1-2,5-8,10,13,23H,3-4,9,11H2,(H,25,26)(H2,24,27,28). The van der Waals surface area contributed by atoms with Crippen LogP contribution in [0.25, 0.3) is 33.3 Å². The lowest BCUT2D eigenvalue weighted by molar-refractivity contribution is 0.480. The van der Waals surface area contributed by atoms with Crippen molar-refractivity contribution in [3.8, 4) is 11.4 Å². The van der Waals surface area contributed by atoms with Crippen molar-refractivity contribution >= 4 is 39.2 Å². The first kappa shape index (κ1) is 17.3. The topological polar surface area (TPSA) is 85.6 Å². The van der Waals surface area contributed by atoms with E-state index in [0.29, 0.717) is 16.4 Å². The number of para-hydroxylation sites is 2. The Kier molecular flexibility index (Phi) is 4.30. The van der Waals surface area contributed by atoms with Gasteiger partial charge in [-0.3, -0.25) is 4.79 Å². The van der Waals surface area contributed by atoms with Crippen molar-refractivity contribution in [2.24, 2.45) is 0 Å². The number of nitrogens with zero attached hydrogens (tertiary/aromatic N) is 1. The minimum atomic E-state index is -0.180. The van der Waals surface area contributed by atoms with Crippen molar-refractivity contribution < 1.29 is 0 Å². The molecule has 7 heteroatoms. The maximum Gasteiger partial charge on any atom is 0.261 e. The van der Waals surface area contributed by atoms with E-state index in [1.165, 1.54) is 0 Å². The zero-order valence-electron chi connectivity index (χ0n) is 15.2. The molecule has 28 heavy (non-hydrogen) atoms. The molecule has 1 saturated heterocycles. The molecule has 0 amide bonds. The summed E-state index contributed by atoms with van der Waals surface area (Å²) in [5, 5.41) is 8.52. The third-order valence-corrected chi connectivity index (χ3v) is 5.48. The second-order valence-electron chi connectivity index (χ2n) is 7.18. The molecule has 0 saturated carbocycles. The Morgan fingerprint density at radius 2 is 2.00 bits per heavy atom. The largest absolute Gasteiger partial charge is 0.380 e. The first-order chi connectivity index (χ1) is 13.7. The minimum absolute atomic E-state index is 0.180. The lowest BCUT2D eigenvalue weighted by Gasteiger charge is -2.26. The zero-order valence-corrected chi connectivity index (χ0v) is 15.9. The zero-order chi connectivity index (χ0) is 19.1. The van der Waals surface area contributed by atoms with E-state index in [-0.39, 0.29) is 11.6 Å². The summed E-state index contributed by atoms with van der Waals surface area (Å²) in [6, 6.07) is 13.5. The molecule has 0 radical (unpaired) electrons. The molecule has 4 aromatic rings. The van der Waals surface area contributed by atoms with Crippen LogP contribution in [0.3, 0.4) is 0 Å². The fourth-order valence-electron chi connectivity index (χ4n) is 3.89. The fourth-order valence-corrected chi connectivity index (χ4v) is 4.06. The summed E-state index contributed by atoms with van der Waals surface area (Å²) >= 11 is 6.28. The minimum Gasteiger partial charge on any atom is -0.380 e. The van der Waals surface area contributed by atoms with Crippen molar-refractivity contribution in [2.45, 2.75) is 18.9 Å². The van der Waals surface area contributed by atoms with Crippen molar-refractivity contribution in [3.05, 3.63) is 57.8 Å². The predicted octanol–water partition coefficient (Wildman–Crippen LogP) is 3.89. The van der Waals surface area contributed by atoms with Gasteiger partial charge in [-0.2, -0.15) is 0 Å². The smallest absolute Gasteiger partial charge is 0.261 e. The molecule has 2 aromatic carbocycles. The number of aromatic nitrogens is 3. The fraction of sp³-hybridized carbons (Fsp3) is 0.238. The van der Waals surface area contributed by atoms with Gasteiger partial charge in [0, 0.05) is 23.0 Å². The number of hydrogen-bond donors (Lipinski definition) is 4. The molecule has 1 aliphatic rings. The normalized spacial score (nSPS) is 17.2. The molecule has 2 aromatic heterocycles. The summed E-state index contributed by atoms with van der Waals surface area (Å²) in [6.07, 6.45) is 2.14. The summed E-state index contributed by atoms with van der Waals surface area (Å²) in [6.45, 7) is 1.88. The molecule has 142 valence electrons. The molecule has 1 fully saturated rings. The number of piperidine rings is 1. The molecule has 5 rings (SSSR count). The number of hydrogen-bond acceptors (Lipinski definition) is 4. The van der Waals surface area contributed by atoms with E-state index in [1.54, 1.807) is 6.07 Å². The Morgan fingerprint density at radius 1 is 1.11 bits per heavy atom. The number of halogens is 1. The number of anilines is 1. The van der Waals surface area contributed by atoms with Gasteiger partial charge in [-0.1, -0.05) is 23.7 Å². The van der Waals surface area contributed by atoms with Gasteiger partial charge in [0.25, 0.3) is 5.56 Å². The van der Waals surface area contributed by atoms with Gasteiger partial charge in [0.15, 0.2) is 0 Å². The Hall–Kier alpha value is -2.83. The highest BCUT2D eigenvalue weighted by molar-refractivity contribution is 6.31. The predicted molar refractivity (Wildman–Crippen MR) is 114 cm³/mol. The van der Waals surface area contributed by atoms with Crippen LogP contribution in [0, 0.1) is 0 Å². The van der Waals surface area contributed by atoms with Crippen LogP contribution in [-0.4, -0.2) is 34.1 Å². The summed E-state index contributed by atoms with van der Waals surface area (Å²) in [5.41, 5.74) is 3.58. The van der Waals surface area contributed by atoms with E-state index in [1.807, 2.05) is 36.4 Å².